The third kappa shape index (κ3) is 5.19. The van der Waals surface area contributed by atoms with Gasteiger partial charge in [-0.3, -0.25) is 9.59 Å². The number of anilines is 1. The summed E-state index contributed by atoms with van der Waals surface area (Å²) in [6.45, 7) is 9.29. The van der Waals surface area contributed by atoms with Gasteiger partial charge in [0.25, 0.3) is 0 Å². The Labute approximate surface area is 319 Å². The molecule has 2 aliphatic heterocycles. The Balaban J connectivity index is 1.12. The zero-order valence-electron chi connectivity index (χ0n) is 32.5. The third-order valence-electron chi connectivity index (χ3n) is 17.1. The molecule has 1 aromatic carbocycles. The molecule has 9 nitrogen and oxygen atoms in total. The zero-order valence-corrected chi connectivity index (χ0v) is 32.5. The average molecular weight is 744 g/mol. The highest BCUT2D eigenvalue weighted by Gasteiger charge is 2.75. The maximum atomic E-state index is 14.1. The number of carbonyl (C=O) groups is 2. The Hall–Kier alpha value is -2.56. The van der Waals surface area contributed by atoms with Gasteiger partial charge < -0.3 is 35.2 Å². The van der Waals surface area contributed by atoms with Crippen molar-refractivity contribution in [2.24, 2.45) is 51.8 Å². The number of aliphatic hydroxyl groups is 4. The number of amides is 1. The summed E-state index contributed by atoms with van der Waals surface area (Å²) in [5.41, 5.74) is -1.78. The number of phenols is 1. The molecule has 2 heterocycles. The Morgan fingerprint density at radius 2 is 1.74 bits per heavy atom. The van der Waals surface area contributed by atoms with Crippen LogP contribution >= 0.6 is 0 Å². The van der Waals surface area contributed by atoms with Crippen LogP contribution in [0.3, 0.4) is 0 Å². The second-order valence-corrected chi connectivity index (χ2v) is 20.0. The van der Waals surface area contributed by atoms with E-state index in [0.717, 1.165) is 36.8 Å². The summed E-state index contributed by atoms with van der Waals surface area (Å²) in [6, 6.07) is 5.49. The summed E-state index contributed by atoms with van der Waals surface area (Å²) in [5.74, 6) is -0.340. The van der Waals surface area contributed by atoms with E-state index in [9.17, 15) is 35.1 Å². The second kappa shape index (κ2) is 12.5. The van der Waals surface area contributed by atoms with Crippen molar-refractivity contribution in [1.29, 1.82) is 0 Å². The number of hydrogen-bond acceptors (Lipinski definition) is 8. The second-order valence-electron chi connectivity index (χ2n) is 20.0. The molecular weight excluding hydrogens is 682 g/mol. The van der Waals surface area contributed by atoms with E-state index >= 15 is 0 Å². The van der Waals surface area contributed by atoms with Crippen molar-refractivity contribution in [3.05, 3.63) is 47.6 Å². The first-order valence-electron chi connectivity index (χ1n) is 21.1. The van der Waals surface area contributed by atoms with Gasteiger partial charge in [0.1, 0.15) is 17.5 Å². The highest BCUT2D eigenvalue weighted by molar-refractivity contribution is 5.97. The zero-order chi connectivity index (χ0) is 38.2. The minimum absolute atomic E-state index is 0.0240. The molecule has 1 aromatic rings. The van der Waals surface area contributed by atoms with Crippen LogP contribution in [0.5, 0.6) is 5.75 Å². The summed E-state index contributed by atoms with van der Waals surface area (Å²) >= 11 is 0. The van der Waals surface area contributed by atoms with Gasteiger partial charge in [0.2, 0.25) is 5.91 Å². The molecule has 8 aliphatic rings. The molecule has 4 saturated carbocycles. The number of phenolic OH excluding ortho intramolecular Hbond substituents is 1. The third-order valence-corrected chi connectivity index (χ3v) is 17.1. The van der Waals surface area contributed by atoms with Crippen molar-refractivity contribution < 1.29 is 39.9 Å². The van der Waals surface area contributed by atoms with Crippen molar-refractivity contribution in [2.45, 2.75) is 147 Å². The van der Waals surface area contributed by atoms with Crippen LogP contribution in [0.1, 0.15) is 110 Å². The van der Waals surface area contributed by atoms with Crippen LogP contribution in [0.25, 0.3) is 0 Å². The monoisotopic (exact) mass is 743 g/mol. The minimum Gasteiger partial charge on any atom is -0.508 e. The maximum Gasteiger partial charge on any atom is 0.227 e. The van der Waals surface area contributed by atoms with Gasteiger partial charge in [-0.1, -0.05) is 52.7 Å². The Morgan fingerprint density at radius 1 is 0.981 bits per heavy atom. The van der Waals surface area contributed by atoms with Crippen molar-refractivity contribution in [1.82, 2.24) is 0 Å². The van der Waals surface area contributed by atoms with E-state index in [4.69, 9.17) is 4.74 Å². The van der Waals surface area contributed by atoms with Gasteiger partial charge in [-0.15, -0.1) is 0 Å². The number of allylic oxidation sites excluding steroid dienone is 2. The summed E-state index contributed by atoms with van der Waals surface area (Å²) in [7, 11) is 0. The number of ketones is 1. The number of hydrogen-bond donors (Lipinski definition) is 5. The fourth-order valence-electron chi connectivity index (χ4n) is 13.9. The summed E-state index contributed by atoms with van der Waals surface area (Å²) in [5, 5.41) is 59.5. The first kappa shape index (κ1) is 37.0. The number of ether oxygens (including phenoxy) is 1. The SMILES string of the molecule is CC(C)C(C)C1OC1C1(O)CC=CC2CC3C(=CC(=O)C4CC(O)C(O)CC43C)C3(O)CCC1C23CCc1cc(O)cc(N2CC3(CCCC3)CC2=O)c1. The predicted molar refractivity (Wildman–Crippen MR) is 203 cm³/mol. The molecule has 6 aliphatic carbocycles. The van der Waals surface area contributed by atoms with Crippen LogP contribution in [0.4, 0.5) is 5.69 Å². The van der Waals surface area contributed by atoms with E-state index in [0.29, 0.717) is 63.1 Å². The van der Waals surface area contributed by atoms with Crippen LogP contribution in [-0.4, -0.2) is 79.4 Å². The van der Waals surface area contributed by atoms with Gasteiger partial charge in [0.15, 0.2) is 5.78 Å². The fraction of sp³-hybridized carbons (Fsp3) is 0.733. The molecule has 1 amide bonds. The Kier molecular flexibility index (Phi) is 8.55. The summed E-state index contributed by atoms with van der Waals surface area (Å²) < 4.78 is 6.42. The largest absolute Gasteiger partial charge is 0.508 e. The van der Waals surface area contributed by atoms with Crippen molar-refractivity contribution >= 4 is 17.4 Å². The maximum absolute atomic E-state index is 14.1. The lowest BCUT2D eigenvalue weighted by Gasteiger charge is -2.63. The number of aromatic hydroxyl groups is 1. The van der Waals surface area contributed by atoms with E-state index in [1.54, 1.807) is 18.2 Å². The number of carbonyl (C=O) groups excluding carboxylic acids is 2. The molecule has 294 valence electrons. The van der Waals surface area contributed by atoms with Crippen LogP contribution in [-0.2, 0) is 20.7 Å². The van der Waals surface area contributed by atoms with Gasteiger partial charge in [0, 0.05) is 42.0 Å². The van der Waals surface area contributed by atoms with Gasteiger partial charge >= 0.3 is 0 Å². The minimum atomic E-state index is -1.41. The number of aliphatic hydroxyl groups excluding tert-OH is 2. The highest BCUT2D eigenvalue weighted by atomic mass is 16.6. The lowest BCUT2D eigenvalue weighted by Crippen LogP contribution is -2.66. The van der Waals surface area contributed by atoms with E-state index in [-0.39, 0.29) is 71.6 Å². The first-order chi connectivity index (χ1) is 25.5. The fourth-order valence-corrected chi connectivity index (χ4v) is 13.9. The standard InChI is InChI=1S/C45H61NO8/c1-25(2)26(3)39-40(54-39)44(52)13-7-8-28-18-31-32(20-34(48)33-21-35(49)36(50)22-41(31,33)4)45(53)15-10-37(44)43(28,45)14-9-27-16-29(19-30(47)17-27)46-24-42(23-38(46)51)11-5-6-12-42/h7-8,16-17,19-20,25-26,28,31,33,35-37,39-40,47,49-50,52-53H,5-6,9-15,18,21-24H2,1-4H3. The molecule has 9 heteroatoms. The normalized spacial score (nSPS) is 45.3. The molecule has 13 unspecified atom stereocenters. The van der Waals surface area contributed by atoms with Crippen LogP contribution in [0, 0.1) is 51.8 Å². The molecule has 1 spiro atoms. The number of nitrogens with zero attached hydrogens (tertiary/aromatic N) is 1. The summed E-state index contributed by atoms with van der Waals surface area (Å²) in [6.07, 6.45) is 12.2. The molecular formula is C45H61NO8. The van der Waals surface area contributed by atoms with E-state index in [2.05, 4.69) is 39.8 Å². The number of epoxide rings is 1. The molecule has 0 bridgehead atoms. The number of rotatable bonds is 7. The van der Waals surface area contributed by atoms with Crippen molar-refractivity contribution in [3.63, 3.8) is 0 Å². The summed E-state index contributed by atoms with van der Waals surface area (Å²) in [4.78, 5) is 29.4. The predicted octanol–water partition coefficient (Wildman–Crippen LogP) is 5.78. The first-order valence-corrected chi connectivity index (χ1v) is 21.1. The van der Waals surface area contributed by atoms with Crippen LogP contribution < -0.4 is 4.90 Å². The van der Waals surface area contributed by atoms with Crippen molar-refractivity contribution in [3.8, 4) is 5.75 Å². The van der Waals surface area contributed by atoms with Gasteiger partial charge in [-0.25, -0.2) is 0 Å². The number of fused-ring (bicyclic) bond motifs is 4. The number of aryl methyl sites for hydroxylation is 1. The molecule has 0 aromatic heterocycles. The van der Waals surface area contributed by atoms with Crippen LogP contribution in [0.2, 0.25) is 0 Å². The molecule has 0 radical (unpaired) electrons. The van der Waals surface area contributed by atoms with Gasteiger partial charge in [-0.2, -0.15) is 0 Å². The topological polar surface area (TPSA) is 151 Å². The molecule has 9 rings (SSSR count). The van der Waals surface area contributed by atoms with Crippen LogP contribution in [0.15, 0.2) is 42.0 Å². The average Bonchev–Trinajstić information content (AvgIpc) is 3.58. The quantitative estimate of drug-likeness (QED) is 0.174. The van der Waals surface area contributed by atoms with E-state index < -0.39 is 40.2 Å². The molecule has 2 saturated heterocycles. The smallest absolute Gasteiger partial charge is 0.227 e. The van der Waals surface area contributed by atoms with Crippen molar-refractivity contribution in [2.75, 3.05) is 11.4 Å². The van der Waals surface area contributed by atoms with E-state index in [1.807, 2.05) is 11.0 Å². The van der Waals surface area contributed by atoms with Gasteiger partial charge in [0.05, 0.1) is 23.9 Å². The Bertz CT molecular complexity index is 1780. The number of benzene rings is 1. The Morgan fingerprint density at radius 3 is 2.48 bits per heavy atom. The lowest BCUT2D eigenvalue weighted by molar-refractivity contribution is -0.182. The molecule has 5 N–H and O–H groups in total. The molecule has 54 heavy (non-hydrogen) atoms. The van der Waals surface area contributed by atoms with Gasteiger partial charge in [-0.05, 0) is 128 Å². The molecule has 13 atom stereocenters. The highest BCUT2D eigenvalue weighted by Crippen LogP contribution is 2.73. The molecule has 6 fully saturated rings. The lowest BCUT2D eigenvalue weighted by atomic mass is 9.42. The van der Waals surface area contributed by atoms with E-state index in [1.165, 1.54) is 0 Å².